The fourth-order valence-electron chi connectivity index (χ4n) is 8.66. The lowest BCUT2D eigenvalue weighted by Gasteiger charge is -2.30. The van der Waals surface area contributed by atoms with E-state index in [0.29, 0.717) is 0 Å². The average molecular weight is 729 g/mol. The smallest absolute Gasteiger partial charge is 0.136 e. The third-order valence-corrected chi connectivity index (χ3v) is 11.2. The SMILES string of the molecule is c1ccc(-c2cccc(-c3ccccc3N(c3ccc(-n4c5ccccc5c5ccccc54)cc3)c3ccccc3-c3cccc4oc5ccccc5c34)c2)cc1. The predicted octanol–water partition coefficient (Wildman–Crippen LogP) is 15.2. The Labute approximate surface area is 330 Å². The Kier molecular flexibility index (Phi) is 7.82. The van der Waals surface area contributed by atoms with E-state index in [0.717, 1.165) is 66.9 Å². The van der Waals surface area contributed by atoms with Crippen molar-refractivity contribution in [2.24, 2.45) is 0 Å². The van der Waals surface area contributed by atoms with Crippen molar-refractivity contribution in [1.82, 2.24) is 4.57 Å². The Morgan fingerprint density at radius 3 is 1.63 bits per heavy atom. The summed E-state index contributed by atoms with van der Waals surface area (Å²) in [4.78, 5) is 2.43. The van der Waals surface area contributed by atoms with Crippen LogP contribution in [0, 0.1) is 0 Å². The van der Waals surface area contributed by atoms with Crippen molar-refractivity contribution >= 4 is 60.8 Å². The number of hydrogen-bond acceptors (Lipinski definition) is 2. The lowest BCUT2D eigenvalue weighted by Crippen LogP contribution is -2.12. The number of anilines is 3. The molecule has 0 aliphatic carbocycles. The van der Waals surface area contributed by atoms with Gasteiger partial charge < -0.3 is 13.9 Å². The van der Waals surface area contributed by atoms with E-state index in [1.54, 1.807) is 0 Å². The molecule has 0 radical (unpaired) electrons. The van der Waals surface area contributed by atoms with Gasteiger partial charge in [-0.1, -0.05) is 152 Å². The molecule has 0 amide bonds. The van der Waals surface area contributed by atoms with Crippen LogP contribution in [0.5, 0.6) is 0 Å². The molecule has 57 heavy (non-hydrogen) atoms. The van der Waals surface area contributed by atoms with Gasteiger partial charge in [-0.3, -0.25) is 0 Å². The number of furan rings is 1. The maximum absolute atomic E-state index is 6.40. The quantitative estimate of drug-likeness (QED) is 0.163. The molecule has 9 aromatic carbocycles. The molecule has 0 bridgehead atoms. The highest BCUT2D eigenvalue weighted by molar-refractivity contribution is 6.14. The molecule has 268 valence electrons. The zero-order valence-electron chi connectivity index (χ0n) is 31.1. The standard InChI is InChI=1S/C54H36N2O/c1-2-16-37(17-3-1)38-18-14-19-39(36-38)42-20-4-9-26-48(42)55(40-32-34-41(35-33-40)56-49-27-10-5-21-43(49)44-22-6-11-28-50(44)56)51-29-12-7-23-45(51)46-25-15-31-53-54(46)47-24-8-13-30-52(47)57-53/h1-36H. The van der Waals surface area contributed by atoms with E-state index in [-0.39, 0.29) is 0 Å². The molecule has 0 spiro atoms. The Bertz CT molecular complexity index is 3190. The van der Waals surface area contributed by atoms with Crippen LogP contribution in [0.15, 0.2) is 223 Å². The number of rotatable bonds is 7. The van der Waals surface area contributed by atoms with Gasteiger partial charge in [-0.05, 0) is 89.0 Å². The summed E-state index contributed by atoms with van der Waals surface area (Å²) < 4.78 is 8.78. The van der Waals surface area contributed by atoms with Crippen LogP contribution in [0.1, 0.15) is 0 Å². The molecule has 11 rings (SSSR count). The van der Waals surface area contributed by atoms with Gasteiger partial charge in [-0.25, -0.2) is 0 Å². The first-order chi connectivity index (χ1) is 28.3. The largest absolute Gasteiger partial charge is 0.456 e. The van der Waals surface area contributed by atoms with Crippen LogP contribution in [0.4, 0.5) is 17.1 Å². The summed E-state index contributed by atoms with van der Waals surface area (Å²) >= 11 is 0. The fourth-order valence-corrected chi connectivity index (χ4v) is 8.66. The van der Waals surface area contributed by atoms with E-state index < -0.39 is 0 Å². The van der Waals surface area contributed by atoms with Crippen molar-refractivity contribution in [2.75, 3.05) is 4.90 Å². The van der Waals surface area contributed by atoms with Crippen LogP contribution in [0.3, 0.4) is 0 Å². The summed E-state index contributed by atoms with van der Waals surface area (Å²) in [6, 6.07) is 78.2. The average Bonchev–Trinajstić information content (AvgIpc) is 3.84. The molecule has 0 unspecified atom stereocenters. The Balaban J connectivity index is 1.14. The van der Waals surface area contributed by atoms with Gasteiger partial charge in [0.15, 0.2) is 0 Å². The molecular formula is C54H36N2O. The van der Waals surface area contributed by atoms with Crippen molar-refractivity contribution in [3.63, 3.8) is 0 Å². The highest BCUT2D eigenvalue weighted by atomic mass is 16.3. The van der Waals surface area contributed by atoms with E-state index in [4.69, 9.17) is 4.42 Å². The summed E-state index contributed by atoms with van der Waals surface area (Å²) in [7, 11) is 0. The van der Waals surface area contributed by atoms with Crippen molar-refractivity contribution < 1.29 is 4.42 Å². The lowest BCUT2D eigenvalue weighted by molar-refractivity contribution is 0.669. The van der Waals surface area contributed by atoms with Gasteiger partial charge in [0.05, 0.1) is 22.4 Å². The summed E-state index contributed by atoms with van der Waals surface area (Å²) in [5.41, 5.74) is 15.4. The Hall–Kier alpha value is -7.62. The first kappa shape index (κ1) is 32.8. The van der Waals surface area contributed by atoms with Crippen molar-refractivity contribution in [3.05, 3.63) is 218 Å². The van der Waals surface area contributed by atoms with Crippen molar-refractivity contribution in [3.8, 4) is 39.1 Å². The minimum Gasteiger partial charge on any atom is -0.456 e. The molecule has 0 saturated heterocycles. The molecule has 2 heterocycles. The fraction of sp³-hybridized carbons (Fsp3) is 0. The van der Waals surface area contributed by atoms with Crippen LogP contribution in [0.2, 0.25) is 0 Å². The number of nitrogens with zero attached hydrogens (tertiary/aromatic N) is 2. The zero-order chi connectivity index (χ0) is 37.7. The molecule has 0 saturated carbocycles. The van der Waals surface area contributed by atoms with Gasteiger partial charge in [0, 0.05) is 44.0 Å². The predicted molar refractivity (Wildman–Crippen MR) is 239 cm³/mol. The highest BCUT2D eigenvalue weighted by Crippen LogP contribution is 2.47. The molecular weight excluding hydrogens is 693 g/mol. The van der Waals surface area contributed by atoms with E-state index >= 15 is 0 Å². The van der Waals surface area contributed by atoms with Crippen LogP contribution in [0.25, 0.3) is 82.8 Å². The molecule has 0 aliphatic rings. The first-order valence-corrected chi connectivity index (χ1v) is 19.4. The molecule has 2 aromatic heterocycles. The second kappa shape index (κ2) is 13.6. The second-order valence-electron chi connectivity index (χ2n) is 14.5. The van der Waals surface area contributed by atoms with Gasteiger partial charge in [0.1, 0.15) is 11.2 Å². The molecule has 0 atom stereocenters. The minimum atomic E-state index is 0.878. The topological polar surface area (TPSA) is 21.3 Å². The van der Waals surface area contributed by atoms with Gasteiger partial charge >= 0.3 is 0 Å². The number of aromatic nitrogens is 1. The molecule has 0 aliphatic heterocycles. The number of benzene rings is 9. The van der Waals surface area contributed by atoms with Gasteiger partial charge in [0.25, 0.3) is 0 Å². The molecule has 3 nitrogen and oxygen atoms in total. The zero-order valence-corrected chi connectivity index (χ0v) is 31.1. The normalized spacial score (nSPS) is 11.5. The Morgan fingerprint density at radius 1 is 0.351 bits per heavy atom. The van der Waals surface area contributed by atoms with Gasteiger partial charge in [0.2, 0.25) is 0 Å². The van der Waals surface area contributed by atoms with Crippen LogP contribution < -0.4 is 4.90 Å². The van der Waals surface area contributed by atoms with Gasteiger partial charge in [-0.15, -0.1) is 0 Å². The maximum atomic E-state index is 6.40. The summed E-state index contributed by atoms with van der Waals surface area (Å²) in [6.45, 7) is 0. The minimum absolute atomic E-state index is 0.878. The van der Waals surface area contributed by atoms with Crippen LogP contribution in [-0.4, -0.2) is 4.57 Å². The van der Waals surface area contributed by atoms with Gasteiger partial charge in [-0.2, -0.15) is 0 Å². The third kappa shape index (κ3) is 5.51. The number of hydrogen-bond donors (Lipinski definition) is 0. The molecule has 0 fully saturated rings. The lowest BCUT2D eigenvalue weighted by atomic mass is 9.95. The van der Waals surface area contributed by atoms with Crippen molar-refractivity contribution in [2.45, 2.75) is 0 Å². The number of para-hydroxylation sites is 5. The summed E-state index contributed by atoms with van der Waals surface area (Å²) in [6.07, 6.45) is 0. The molecule has 11 aromatic rings. The first-order valence-electron chi connectivity index (χ1n) is 19.4. The van der Waals surface area contributed by atoms with E-state index in [9.17, 15) is 0 Å². The number of fused-ring (bicyclic) bond motifs is 6. The second-order valence-corrected chi connectivity index (χ2v) is 14.5. The monoisotopic (exact) mass is 728 g/mol. The van der Waals surface area contributed by atoms with Crippen molar-refractivity contribution in [1.29, 1.82) is 0 Å². The van der Waals surface area contributed by atoms with E-state index in [2.05, 4.69) is 222 Å². The third-order valence-electron chi connectivity index (χ3n) is 11.2. The maximum Gasteiger partial charge on any atom is 0.136 e. The van der Waals surface area contributed by atoms with Crippen LogP contribution in [-0.2, 0) is 0 Å². The van der Waals surface area contributed by atoms with E-state index in [1.807, 2.05) is 6.07 Å². The summed E-state index contributed by atoms with van der Waals surface area (Å²) in [5.74, 6) is 0. The molecule has 0 N–H and O–H groups in total. The Morgan fingerprint density at radius 2 is 0.877 bits per heavy atom. The highest BCUT2D eigenvalue weighted by Gasteiger charge is 2.23. The molecule has 3 heteroatoms. The summed E-state index contributed by atoms with van der Waals surface area (Å²) in [5, 5.41) is 4.73. The van der Waals surface area contributed by atoms with E-state index in [1.165, 1.54) is 32.9 Å². The van der Waals surface area contributed by atoms with Crippen LogP contribution >= 0.6 is 0 Å².